The SMILES string of the molecule is C=C/C=C(\C=C/C)c1ccn(-c2cc(N3CCOCC3)c3oc(-c4cnn(CCCO)c4)cc3n2)n1. The maximum Gasteiger partial charge on any atom is 0.176 e. The summed E-state index contributed by atoms with van der Waals surface area (Å²) in [5.74, 6) is 1.41. The van der Waals surface area contributed by atoms with Crippen molar-refractivity contribution in [3.05, 3.63) is 73.4 Å². The number of ether oxygens (including phenoxy) is 1. The van der Waals surface area contributed by atoms with Crippen molar-refractivity contribution in [2.75, 3.05) is 37.8 Å². The van der Waals surface area contributed by atoms with Gasteiger partial charge in [0.2, 0.25) is 0 Å². The zero-order chi connectivity index (χ0) is 24.9. The van der Waals surface area contributed by atoms with Gasteiger partial charge in [-0.25, -0.2) is 9.67 Å². The third-order valence-corrected chi connectivity index (χ3v) is 6.02. The minimum absolute atomic E-state index is 0.129. The van der Waals surface area contributed by atoms with Gasteiger partial charge in [0, 0.05) is 56.3 Å². The summed E-state index contributed by atoms with van der Waals surface area (Å²) in [6.07, 6.45) is 14.0. The molecule has 0 aliphatic carbocycles. The van der Waals surface area contributed by atoms with Crippen LogP contribution in [0.4, 0.5) is 5.69 Å². The van der Waals surface area contributed by atoms with Gasteiger partial charge in [-0.2, -0.15) is 10.2 Å². The summed E-state index contributed by atoms with van der Waals surface area (Å²) in [6.45, 7) is 9.43. The van der Waals surface area contributed by atoms with E-state index in [4.69, 9.17) is 24.3 Å². The van der Waals surface area contributed by atoms with E-state index in [-0.39, 0.29) is 6.61 Å². The number of morpholine rings is 1. The van der Waals surface area contributed by atoms with E-state index in [9.17, 15) is 0 Å². The molecule has 5 heterocycles. The van der Waals surface area contributed by atoms with Crippen LogP contribution in [-0.2, 0) is 11.3 Å². The van der Waals surface area contributed by atoms with Crippen molar-refractivity contribution in [3.63, 3.8) is 0 Å². The first-order valence-electron chi connectivity index (χ1n) is 12.1. The maximum absolute atomic E-state index is 9.11. The Bertz CT molecular complexity index is 1400. The second-order valence-electron chi connectivity index (χ2n) is 8.50. The number of fused-ring (bicyclic) bond motifs is 1. The third kappa shape index (κ3) is 4.89. The highest BCUT2D eigenvalue weighted by molar-refractivity contribution is 5.91. The molecule has 1 N–H and O–H groups in total. The molecule has 9 heteroatoms. The van der Waals surface area contributed by atoms with E-state index in [1.807, 2.05) is 60.4 Å². The van der Waals surface area contributed by atoms with Gasteiger partial charge in [0.25, 0.3) is 0 Å². The quantitative estimate of drug-likeness (QED) is 0.354. The van der Waals surface area contributed by atoms with E-state index < -0.39 is 0 Å². The van der Waals surface area contributed by atoms with Crippen LogP contribution in [0.5, 0.6) is 0 Å². The molecule has 4 aromatic heterocycles. The zero-order valence-corrected chi connectivity index (χ0v) is 20.4. The zero-order valence-electron chi connectivity index (χ0n) is 20.4. The van der Waals surface area contributed by atoms with Gasteiger partial charge in [-0.1, -0.05) is 30.9 Å². The fourth-order valence-electron chi connectivity index (χ4n) is 4.27. The topological polar surface area (TPSA) is 94.4 Å². The molecule has 36 heavy (non-hydrogen) atoms. The van der Waals surface area contributed by atoms with Crippen molar-refractivity contribution in [2.45, 2.75) is 19.9 Å². The van der Waals surface area contributed by atoms with Crippen LogP contribution in [-0.4, -0.2) is 62.6 Å². The number of anilines is 1. The lowest BCUT2D eigenvalue weighted by atomic mass is 10.1. The van der Waals surface area contributed by atoms with Gasteiger partial charge in [-0.15, -0.1) is 0 Å². The molecule has 1 aliphatic rings. The van der Waals surface area contributed by atoms with Crippen molar-refractivity contribution < 1.29 is 14.3 Å². The van der Waals surface area contributed by atoms with Gasteiger partial charge in [-0.3, -0.25) is 4.68 Å². The van der Waals surface area contributed by atoms with Crippen LogP contribution in [0.2, 0.25) is 0 Å². The van der Waals surface area contributed by atoms with Crippen molar-refractivity contribution in [1.82, 2.24) is 24.5 Å². The van der Waals surface area contributed by atoms with Gasteiger partial charge < -0.3 is 19.2 Å². The molecule has 0 bridgehead atoms. The molecule has 0 unspecified atom stereocenters. The molecule has 0 saturated carbocycles. The van der Waals surface area contributed by atoms with Crippen LogP contribution in [0.15, 0.2) is 72.1 Å². The van der Waals surface area contributed by atoms with Crippen molar-refractivity contribution in [3.8, 4) is 17.1 Å². The largest absolute Gasteiger partial charge is 0.452 e. The second kappa shape index (κ2) is 10.8. The summed E-state index contributed by atoms with van der Waals surface area (Å²) in [7, 11) is 0. The highest BCUT2D eigenvalue weighted by Gasteiger charge is 2.21. The van der Waals surface area contributed by atoms with Crippen molar-refractivity contribution >= 4 is 22.4 Å². The summed E-state index contributed by atoms with van der Waals surface area (Å²) in [6, 6.07) is 5.94. The van der Waals surface area contributed by atoms with Crippen LogP contribution in [0.1, 0.15) is 19.0 Å². The molecule has 186 valence electrons. The van der Waals surface area contributed by atoms with Crippen molar-refractivity contribution in [1.29, 1.82) is 0 Å². The number of hydrogen-bond acceptors (Lipinski definition) is 7. The van der Waals surface area contributed by atoms with E-state index in [2.05, 4.69) is 16.6 Å². The van der Waals surface area contributed by atoms with Gasteiger partial charge in [0.15, 0.2) is 11.4 Å². The molecule has 0 spiro atoms. The standard InChI is InChI=1S/C27H30N6O3/c1-3-6-20(7-4-2)22-8-10-33(30-22)26-17-24(31-11-14-35-15-12-31)27-23(29-26)16-25(36-27)21-18-28-32(19-21)9-5-13-34/h3-4,6-8,10,16-19,34H,1,5,9,11-15H2,2H3/b7-4-,20-6+. The first-order valence-corrected chi connectivity index (χ1v) is 12.1. The average Bonchev–Trinajstić information content (AvgIpc) is 3.66. The van der Waals surface area contributed by atoms with E-state index in [0.717, 1.165) is 46.7 Å². The lowest BCUT2D eigenvalue weighted by molar-refractivity contribution is 0.122. The van der Waals surface area contributed by atoms with E-state index in [0.29, 0.717) is 37.8 Å². The fourth-order valence-corrected chi connectivity index (χ4v) is 4.27. The maximum atomic E-state index is 9.11. The molecule has 5 rings (SSSR count). The van der Waals surface area contributed by atoms with Crippen LogP contribution >= 0.6 is 0 Å². The van der Waals surface area contributed by atoms with Gasteiger partial charge >= 0.3 is 0 Å². The van der Waals surface area contributed by atoms with Crippen LogP contribution in [0.3, 0.4) is 0 Å². The van der Waals surface area contributed by atoms with E-state index in [1.54, 1.807) is 17.0 Å². The number of aliphatic hydroxyl groups is 1. The highest BCUT2D eigenvalue weighted by Crippen LogP contribution is 2.35. The molecule has 1 fully saturated rings. The first-order chi connectivity index (χ1) is 17.7. The van der Waals surface area contributed by atoms with Gasteiger partial charge in [0.05, 0.1) is 36.4 Å². The van der Waals surface area contributed by atoms with Crippen LogP contribution < -0.4 is 4.90 Å². The summed E-state index contributed by atoms with van der Waals surface area (Å²) < 4.78 is 15.5. The number of aromatic nitrogens is 5. The number of aryl methyl sites for hydroxylation is 1. The molecule has 0 atom stereocenters. The molecule has 0 aromatic carbocycles. The molecule has 1 aliphatic heterocycles. The molecule has 1 saturated heterocycles. The van der Waals surface area contributed by atoms with Gasteiger partial charge in [0.1, 0.15) is 11.3 Å². The Labute approximate surface area is 209 Å². The summed E-state index contributed by atoms with van der Waals surface area (Å²) >= 11 is 0. The number of aliphatic hydroxyl groups excluding tert-OH is 1. The normalized spacial score (nSPS) is 14.8. The number of furan rings is 1. The molecule has 0 radical (unpaired) electrons. The summed E-state index contributed by atoms with van der Waals surface area (Å²) in [4.78, 5) is 7.17. The van der Waals surface area contributed by atoms with Crippen molar-refractivity contribution in [2.24, 2.45) is 0 Å². The van der Waals surface area contributed by atoms with Crippen LogP contribution in [0.25, 0.3) is 33.8 Å². The number of allylic oxidation sites excluding steroid dienone is 5. The predicted octanol–water partition coefficient (Wildman–Crippen LogP) is 4.24. The van der Waals surface area contributed by atoms with Crippen LogP contribution in [0, 0.1) is 0 Å². The molecule has 4 aromatic rings. The molecule has 0 amide bonds. The minimum atomic E-state index is 0.129. The predicted molar refractivity (Wildman–Crippen MR) is 140 cm³/mol. The van der Waals surface area contributed by atoms with E-state index in [1.165, 1.54) is 0 Å². The smallest absolute Gasteiger partial charge is 0.176 e. The van der Waals surface area contributed by atoms with E-state index >= 15 is 0 Å². The Morgan fingerprint density at radius 1 is 1.25 bits per heavy atom. The average molecular weight is 487 g/mol. The lowest BCUT2D eigenvalue weighted by Crippen LogP contribution is -2.36. The first kappa shape index (κ1) is 23.8. The monoisotopic (exact) mass is 486 g/mol. The Balaban J connectivity index is 1.57. The Hall–Kier alpha value is -3.95. The third-order valence-electron chi connectivity index (χ3n) is 6.02. The minimum Gasteiger partial charge on any atom is -0.452 e. The Kier molecular flexibility index (Phi) is 7.11. The molecular weight excluding hydrogens is 456 g/mol. The Morgan fingerprint density at radius 3 is 2.89 bits per heavy atom. The Morgan fingerprint density at radius 2 is 2.11 bits per heavy atom. The second-order valence-corrected chi connectivity index (χ2v) is 8.50. The number of nitrogens with zero attached hydrogens (tertiary/aromatic N) is 6. The highest BCUT2D eigenvalue weighted by atomic mass is 16.5. The number of rotatable bonds is 9. The summed E-state index contributed by atoms with van der Waals surface area (Å²) in [5, 5.41) is 18.3. The molecular formula is C27H30N6O3. The fraction of sp³-hybridized carbons (Fsp3) is 0.296. The molecule has 9 nitrogen and oxygen atoms in total. The number of pyridine rings is 1. The number of hydrogen-bond donors (Lipinski definition) is 1. The lowest BCUT2D eigenvalue weighted by Gasteiger charge is -2.28. The summed E-state index contributed by atoms with van der Waals surface area (Å²) in [5.41, 5.74) is 5.12. The van der Waals surface area contributed by atoms with Gasteiger partial charge in [-0.05, 0) is 19.4 Å².